The Balaban J connectivity index is 1.81. The molecule has 0 bridgehead atoms. The molecule has 0 aromatic carbocycles. The van der Waals surface area contributed by atoms with Gasteiger partial charge in [-0.05, 0) is 36.0 Å². The standard InChI is InChI=1S/C15H11N5S/c16-10-12-5-3-6-14(19-12)21-15-18-8-9-20(15)11-13-4-1-2-7-17-13/h1-9H,11H2. The summed E-state index contributed by atoms with van der Waals surface area (Å²) in [6.45, 7) is 0.654. The Morgan fingerprint density at radius 2 is 2.05 bits per heavy atom. The van der Waals surface area contributed by atoms with Crippen LogP contribution in [0.4, 0.5) is 0 Å². The van der Waals surface area contributed by atoms with Crippen LogP contribution in [-0.4, -0.2) is 19.5 Å². The lowest BCUT2D eigenvalue weighted by Crippen LogP contribution is -2.02. The van der Waals surface area contributed by atoms with Gasteiger partial charge < -0.3 is 4.57 Å². The van der Waals surface area contributed by atoms with E-state index in [1.165, 1.54) is 11.8 Å². The van der Waals surface area contributed by atoms with Gasteiger partial charge in [-0.2, -0.15) is 5.26 Å². The van der Waals surface area contributed by atoms with Gasteiger partial charge in [0, 0.05) is 18.6 Å². The second-order valence-electron chi connectivity index (χ2n) is 4.23. The summed E-state index contributed by atoms with van der Waals surface area (Å²) in [6, 6.07) is 13.2. The SMILES string of the molecule is N#Cc1cccc(Sc2nccn2Cc2ccccn2)n1. The molecule has 3 rings (SSSR count). The van der Waals surface area contributed by atoms with Gasteiger partial charge in [0.2, 0.25) is 0 Å². The highest BCUT2D eigenvalue weighted by molar-refractivity contribution is 7.99. The van der Waals surface area contributed by atoms with Gasteiger partial charge in [-0.1, -0.05) is 12.1 Å². The predicted molar refractivity (Wildman–Crippen MR) is 78.6 cm³/mol. The van der Waals surface area contributed by atoms with Crippen molar-refractivity contribution in [3.8, 4) is 6.07 Å². The lowest BCUT2D eigenvalue weighted by Gasteiger charge is -2.06. The van der Waals surface area contributed by atoms with Crippen LogP contribution in [0.2, 0.25) is 0 Å². The molecule has 0 unspecified atom stereocenters. The number of nitriles is 1. The summed E-state index contributed by atoms with van der Waals surface area (Å²) in [5.74, 6) is 0. The van der Waals surface area contributed by atoms with E-state index < -0.39 is 0 Å². The molecule has 21 heavy (non-hydrogen) atoms. The Kier molecular flexibility index (Phi) is 3.94. The second-order valence-corrected chi connectivity index (χ2v) is 5.22. The summed E-state index contributed by atoms with van der Waals surface area (Å²) >= 11 is 1.43. The highest BCUT2D eigenvalue weighted by atomic mass is 32.2. The number of aromatic nitrogens is 4. The lowest BCUT2D eigenvalue weighted by atomic mass is 10.3. The average molecular weight is 293 g/mol. The lowest BCUT2D eigenvalue weighted by molar-refractivity contribution is 0.693. The molecule has 3 aromatic rings. The van der Waals surface area contributed by atoms with E-state index in [-0.39, 0.29) is 0 Å². The summed E-state index contributed by atoms with van der Waals surface area (Å²) in [6.07, 6.45) is 5.43. The zero-order chi connectivity index (χ0) is 14.5. The van der Waals surface area contributed by atoms with Crippen LogP contribution in [-0.2, 0) is 6.54 Å². The summed E-state index contributed by atoms with van der Waals surface area (Å²) in [4.78, 5) is 12.9. The van der Waals surface area contributed by atoms with Gasteiger partial charge in [0.1, 0.15) is 16.8 Å². The van der Waals surface area contributed by atoms with Crippen LogP contribution in [0, 0.1) is 11.3 Å². The maximum Gasteiger partial charge on any atom is 0.174 e. The molecule has 0 atom stereocenters. The molecule has 6 heteroatoms. The monoisotopic (exact) mass is 293 g/mol. The molecule has 0 N–H and O–H groups in total. The van der Waals surface area contributed by atoms with Gasteiger partial charge in [-0.25, -0.2) is 9.97 Å². The molecule has 102 valence electrons. The number of nitrogens with zero attached hydrogens (tertiary/aromatic N) is 5. The van der Waals surface area contributed by atoms with Crippen LogP contribution in [0.15, 0.2) is 65.2 Å². The van der Waals surface area contributed by atoms with E-state index >= 15 is 0 Å². The molecule has 0 fully saturated rings. The van der Waals surface area contributed by atoms with Crippen LogP contribution in [0.25, 0.3) is 0 Å². The largest absolute Gasteiger partial charge is 0.320 e. The molecular formula is C15H11N5S. The molecule has 0 radical (unpaired) electrons. The molecule has 0 aliphatic carbocycles. The first-order chi connectivity index (χ1) is 10.3. The van der Waals surface area contributed by atoms with E-state index in [2.05, 4.69) is 15.0 Å². The van der Waals surface area contributed by atoms with Crippen molar-refractivity contribution in [2.45, 2.75) is 16.7 Å². The average Bonchev–Trinajstić information content (AvgIpc) is 2.95. The van der Waals surface area contributed by atoms with Gasteiger partial charge in [-0.15, -0.1) is 0 Å². The first-order valence-corrected chi connectivity index (χ1v) is 7.13. The van der Waals surface area contributed by atoms with Gasteiger partial charge in [0.05, 0.1) is 12.2 Å². The van der Waals surface area contributed by atoms with Crippen molar-refractivity contribution in [2.24, 2.45) is 0 Å². The Bertz CT molecular complexity index is 776. The molecule has 0 aliphatic rings. The molecule has 3 heterocycles. The molecule has 0 spiro atoms. The van der Waals surface area contributed by atoms with E-state index in [4.69, 9.17) is 5.26 Å². The van der Waals surface area contributed by atoms with E-state index in [1.807, 2.05) is 47.2 Å². The minimum Gasteiger partial charge on any atom is -0.320 e. The number of hydrogen-bond acceptors (Lipinski definition) is 5. The van der Waals surface area contributed by atoms with Crippen molar-refractivity contribution < 1.29 is 0 Å². The van der Waals surface area contributed by atoms with Crippen LogP contribution >= 0.6 is 11.8 Å². The van der Waals surface area contributed by atoms with Crippen LogP contribution in [0.5, 0.6) is 0 Å². The molecule has 0 saturated carbocycles. The van der Waals surface area contributed by atoms with E-state index in [0.29, 0.717) is 12.2 Å². The van der Waals surface area contributed by atoms with E-state index in [1.54, 1.807) is 18.5 Å². The Morgan fingerprint density at radius 1 is 1.10 bits per heavy atom. The number of imidazole rings is 1. The van der Waals surface area contributed by atoms with Gasteiger partial charge in [0.15, 0.2) is 5.16 Å². The van der Waals surface area contributed by atoms with Crippen LogP contribution in [0.3, 0.4) is 0 Å². The summed E-state index contributed by atoms with van der Waals surface area (Å²) in [5.41, 5.74) is 1.37. The number of pyridine rings is 2. The fraction of sp³-hybridized carbons (Fsp3) is 0.0667. The molecular weight excluding hydrogens is 282 g/mol. The fourth-order valence-corrected chi connectivity index (χ4v) is 2.65. The first kappa shape index (κ1) is 13.3. The molecule has 3 aromatic heterocycles. The minimum atomic E-state index is 0.405. The van der Waals surface area contributed by atoms with Crippen molar-refractivity contribution >= 4 is 11.8 Å². The zero-order valence-electron chi connectivity index (χ0n) is 11.0. The van der Waals surface area contributed by atoms with Gasteiger partial charge in [-0.3, -0.25) is 4.98 Å². The molecule has 0 saturated heterocycles. The van der Waals surface area contributed by atoms with Crippen LogP contribution < -0.4 is 0 Å². The van der Waals surface area contributed by atoms with Crippen molar-refractivity contribution in [3.63, 3.8) is 0 Å². The highest BCUT2D eigenvalue weighted by Gasteiger charge is 2.07. The van der Waals surface area contributed by atoms with Crippen molar-refractivity contribution in [3.05, 3.63) is 66.4 Å². The maximum atomic E-state index is 8.89. The quantitative estimate of drug-likeness (QED) is 0.740. The third-order valence-corrected chi connectivity index (χ3v) is 3.73. The summed E-state index contributed by atoms with van der Waals surface area (Å²) in [5, 5.41) is 10.5. The first-order valence-electron chi connectivity index (χ1n) is 6.31. The summed E-state index contributed by atoms with van der Waals surface area (Å²) in [7, 11) is 0. The maximum absolute atomic E-state index is 8.89. The van der Waals surface area contributed by atoms with Gasteiger partial charge in [0.25, 0.3) is 0 Å². The molecule has 0 aliphatic heterocycles. The van der Waals surface area contributed by atoms with Crippen molar-refractivity contribution in [1.29, 1.82) is 5.26 Å². The topological polar surface area (TPSA) is 67.4 Å². The van der Waals surface area contributed by atoms with Crippen LogP contribution in [0.1, 0.15) is 11.4 Å². The third-order valence-electron chi connectivity index (χ3n) is 2.77. The van der Waals surface area contributed by atoms with Gasteiger partial charge >= 0.3 is 0 Å². The van der Waals surface area contributed by atoms with Crippen molar-refractivity contribution in [1.82, 2.24) is 19.5 Å². The highest BCUT2D eigenvalue weighted by Crippen LogP contribution is 2.24. The zero-order valence-corrected chi connectivity index (χ0v) is 11.9. The Hall–Kier alpha value is -2.65. The predicted octanol–water partition coefficient (Wildman–Crippen LogP) is 2.74. The fourth-order valence-electron chi connectivity index (χ4n) is 1.81. The normalized spacial score (nSPS) is 10.2. The molecule has 0 amide bonds. The molecule has 5 nitrogen and oxygen atoms in total. The number of rotatable bonds is 4. The minimum absolute atomic E-state index is 0.405. The Labute approximate surface area is 126 Å². The smallest absolute Gasteiger partial charge is 0.174 e. The third kappa shape index (κ3) is 3.27. The Morgan fingerprint density at radius 3 is 2.86 bits per heavy atom. The second kappa shape index (κ2) is 6.20. The number of hydrogen-bond donors (Lipinski definition) is 0. The van der Waals surface area contributed by atoms with E-state index in [9.17, 15) is 0 Å². The van der Waals surface area contributed by atoms with Crippen molar-refractivity contribution in [2.75, 3.05) is 0 Å². The summed E-state index contributed by atoms with van der Waals surface area (Å²) < 4.78 is 2.01. The van der Waals surface area contributed by atoms with E-state index in [0.717, 1.165) is 15.9 Å².